The molecule has 5 nitrogen and oxygen atoms in total. The van der Waals surface area contributed by atoms with Crippen molar-refractivity contribution in [3.05, 3.63) is 35.4 Å². The van der Waals surface area contributed by atoms with Crippen LogP contribution in [0.2, 0.25) is 0 Å². The van der Waals surface area contributed by atoms with E-state index in [-0.39, 0.29) is 30.3 Å². The molecule has 2 N–H and O–H groups in total. The molecule has 3 rings (SSSR count). The van der Waals surface area contributed by atoms with Gasteiger partial charge in [0.25, 0.3) is 5.91 Å². The quantitative estimate of drug-likeness (QED) is 0.823. The van der Waals surface area contributed by atoms with Crippen LogP contribution in [0, 0.1) is 17.8 Å². The van der Waals surface area contributed by atoms with Crippen LogP contribution in [-0.2, 0) is 9.53 Å². The Bertz CT molecular complexity index is 671. The second-order valence-electron chi connectivity index (χ2n) is 7.85. The Morgan fingerprint density at radius 3 is 2.80 bits per heavy atom. The van der Waals surface area contributed by atoms with Crippen LogP contribution >= 0.6 is 0 Å². The van der Waals surface area contributed by atoms with Crippen LogP contribution < -0.4 is 5.32 Å². The second-order valence-corrected chi connectivity index (χ2v) is 7.85. The van der Waals surface area contributed by atoms with Gasteiger partial charge in [0.15, 0.2) is 0 Å². The number of aliphatic hydroxyl groups is 1. The van der Waals surface area contributed by atoms with Crippen LogP contribution in [0.1, 0.15) is 62.1 Å². The van der Waals surface area contributed by atoms with Gasteiger partial charge in [0.2, 0.25) is 0 Å². The Morgan fingerprint density at radius 1 is 1.36 bits per heavy atom. The largest absolute Gasteiger partial charge is 0.452 e. The number of esters is 1. The zero-order valence-electron chi connectivity index (χ0n) is 15.1. The number of carbonyl (C=O) groups is 2. The molecule has 2 aliphatic rings. The zero-order valence-corrected chi connectivity index (χ0v) is 15.1. The number of hydrogen-bond acceptors (Lipinski definition) is 4. The first-order valence-electron chi connectivity index (χ1n) is 9.13. The summed E-state index contributed by atoms with van der Waals surface area (Å²) in [6.45, 7) is 6.36. The highest BCUT2D eigenvalue weighted by Gasteiger charge is 2.48. The molecule has 1 aliphatic carbocycles. The Labute approximate surface area is 148 Å². The van der Waals surface area contributed by atoms with E-state index in [2.05, 4.69) is 12.2 Å². The van der Waals surface area contributed by atoms with Gasteiger partial charge in [0.1, 0.15) is 11.7 Å². The van der Waals surface area contributed by atoms with Gasteiger partial charge in [-0.1, -0.05) is 45.4 Å². The fourth-order valence-corrected chi connectivity index (χ4v) is 4.34. The summed E-state index contributed by atoms with van der Waals surface area (Å²) in [4.78, 5) is 24.7. The number of nitrogens with one attached hydrogen (secondary N) is 1. The summed E-state index contributed by atoms with van der Waals surface area (Å²) in [5.41, 5.74) is -0.0162. The first-order chi connectivity index (χ1) is 11.8. The second kappa shape index (κ2) is 6.79. The number of benzene rings is 1. The van der Waals surface area contributed by atoms with Gasteiger partial charge in [0.05, 0.1) is 12.1 Å². The lowest BCUT2D eigenvalue weighted by molar-refractivity contribution is -0.156. The third-order valence-corrected chi connectivity index (χ3v) is 5.67. The number of fused-ring (bicyclic) bond motifs is 1. The first-order valence-corrected chi connectivity index (χ1v) is 9.13. The molecule has 136 valence electrons. The van der Waals surface area contributed by atoms with Crippen molar-refractivity contribution >= 4 is 11.9 Å². The standard InChI is InChI=1S/C20H27NO4/c1-12(2)16-9-8-13(3)10-20(16,24)19(23)21-11-17-14-6-4-5-7-15(14)18(22)25-17/h4-7,12-13,16-17,24H,8-11H2,1-3H3,(H,21,23)/t13-,16+,17+,20+/m1/s1. The predicted molar refractivity (Wildman–Crippen MR) is 93.9 cm³/mol. The molecule has 1 saturated carbocycles. The highest BCUT2D eigenvalue weighted by atomic mass is 16.5. The van der Waals surface area contributed by atoms with E-state index in [4.69, 9.17) is 4.74 Å². The van der Waals surface area contributed by atoms with Gasteiger partial charge in [-0.2, -0.15) is 0 Å². The van der Waals surface area contributed by atoms with Crippen LogP contribution in [0.25, 0.3) is 0 Å². The molecule has 0 bridgehead atoms. The van der Waals surface area contributed by atoms with E-state index in [9.17, 15) is 14.7 Å². The van der Waals surface area contributed by atoms with Gasteiger partial charge in [-0.05, 0) is 36.7 Å². The van der Waals surface area contributed by atoms with Crippen molar-refractivity contribution in [1.82, 2.24) is 5.32 Å². The maximum Gasteiger partial charge on any atom is 0.339 e. The lowest BCUT2D eigenvalue weighted by atomic mass is 9.66. The van der Waals surface area contributed by atoms with Crippen molar-refractivity contribution in [2.24, 2.45) is 17.8 Å². The number of ether oxygens (including phenoxy) is 1. The molecular weight excluding hydrogens is 318 g/mol. The number of hydrogen-bond donors (Lipinski definition) is 2. The normalized spacial score (nSPS) is 31.6. The van der Waals surface area contributed by atoms with E-state index in [1.165, 1.54) is 0 Å². The summed E-state index contributed by atoms with van der Waals surface area (Å²) in [7, 11) is 0. The van der Waals surface area contributed by atoms with Gasteiger partial charge in [0, 0.05) is 5.56 Å². The van der Waals surface area contributed by atoms with Crippen LogP contribution in [0.5, 0.6) is 0 Å². The summed E-state index contributed by atoms with van der Waals surface area (Å²) in [5.74, 6) is -0.218. The van der Waals surface area contributed by atoms with E-state index in [0.717, 1.165) is 18.4 Å². The minimum atomic E-state index is -1.35. The summed E-state index contributed by atoms with van der Waals surface area (Å²) in [5, 5.41) is 14.0. The lowest BCUT2D eigenvalue weighted by Crippen LogP contribution is -2.56. The molecular formula is C20H27NO4. The molecule has 1 fully saturated rings. The topological polar surface area (TPSA) is 75.6 Å². The number of rotatable bonds is 4. The first kappa shape index (κ1) is 17.9. The average molecular weight is 345 g/mol. The van der Waals surface area contributed by atoms with Crippen molar-refractivity contribution < 1.29 is 19.4 Å². The van der Waals surface area contributed by atoms with E-state index >= 15 is 0 Å². The highest BCUT2D eigenvalue weighted by molar-refractivity contribution is 5.94. The molecule has 5 heteroatoms. The summed E-state index contributed by atoms with van der Waals surface area (Å²) >= 11 is 0. The average Bonchev–Trinajstić information content (AvgIpc) is 2.89. The number of amides is 1. The highest BCUT2D eigenvalue weighted by Crippen LogP contribution is 2.41. The molecule has 1 aliphatic heterocycles. The molecule has 25 heavy (non-hydrogen) atoms. The minimum Gasteiger partial charge on any atom is -0.452 e. The number of cyclic esters (lactones) is 1. The molecule has 1 heterocycles. The Hall–Kier alpha value is -1.88. The van der Waals surface area contributed by atoms with Crippen LogP contribution in [-0.4, -0.2) is 29.1 Å². The summed E-state index contributed by atoms with van der Waals surface area (Å²) < 4.78 is 5.36. The van der Waals surface area contributed by atoms with Crippen molar-refractivity contribution in [1.29, 1.82) is 0 Å². The molecule has 0 spiro atoms. The van der Waals surface area contributed by atoms with Crippen LogP contribution in [0.15, 0.2) is 24.3 Å². The maximum absolute atomic E-state index is 12.8. The molecule has 0 unspecified atom stereocenters. The van der Waals surface area contributed by atoms with E-state index in [1.807, 2.05) is 26.0 Å². The van der Waals surface area contributed by atoms with Crippen LogP contribution in [0.4, 0.5) is 0 Å². The Morgan fingerprint density at radius 2 is 2.08 bits per heavy atom. The molecule has 1 amide bonds. The smallest absolute Gasteiger partial charge is 0.339 e. The van der Waals surface area contributed by atoms with Crippen molar-refractivity contribution in [2.75, 3.05) is 6.54 Å². The van der Waals surface area contributed by atoms with Gasteiger partial charge < -0.3 is 15.2 Å². The SMILES string of the molecule is CC(C)[C@@H]1CC[C@@H](C)C[C@@]1(O)C(=O)NC[C@@H]1OC(=O)c2ccccc21. The molecule has 1 aromatic rings. The maximum atomic E-state index is 12.8. The van der Waals surface area contributed by atoms with Gasteiger partial charge in [-0.15, -0.1) is 0 Å². The molecule has 0 aromatic heterocycles. The van der Waals surface area contributed by atoms with E-state index < -0.39 is 11.7 Å². The van der Waals surface area contributed by atoms with Crippen LogP contribution in [0.3, 0.4) is 0 Å². The lowest BCUT2D eigenvalue weighted by Gasteiger charge is -2.43. The summed E-state index contributed by atoms with van der Waals surface area (Å²) in [6.07, 6.45) is 1.87. The molecule has 0 radical (unpaired) electrons. The van der Waals surface area contributed by atoms with Gasteiger partial charge in [-0.25, -0.2) is 4.79 Å². The monoisotopic (exact) mass is 345 g/mol. The minimum absolute atomic E-state index is 0.0536. The predicted octanol–water partition coefficient (Wildman–Crippen LogP) is 2.84. The molecule has 0 saturated heterocycles. The van der Waals surface area contributed by atoms with E-state index in [0.29, 0.717) is 17.9 Å². The molecule has 1 aromatic carbocycles. The van der Waals surface area contributed by atoms with Gasteiger partial charge in [-0.3, -0.25) is 4.79 Å². The Balaban J connectivity index is 1.71. The number of carbonyl (C=O) groups excluding carboxylic acids is 2. The van der Waals surface area contributed by atoms with Gasteiger partial charge >= 0.3 is 5.97 Å². The van der Waals surface area contributed by atoms with E-state index in [1.54, 1.807) is 12.1 Å². The molecule has 4 atom stereocenters. The van der Waals surface area contributed by atoms with Crippen molar-refractivity contribution in [3.63, 3.8) is 0 Å². The third-order valence-electron chi connectivity index (χ3n) is 5.67. The fraction of sp³-hybridized carbons (Fsp3) is 0.600. The van der Waals surface area contributed by atoms with Crippen molar-refractivity contribution in [3.8, 4) is 0 Å². The zero-order chi connectivity index (χ0) is 18.2. The third kappa shape index (κ3) is 3.30. The Kier molecular flexibility index (Phi) is 4.87. The fourth-order valence-electron chi connectivity index (χ4n) is 4.34. The summed E-state index contributed by atoms with van der Waals surface area (Å²) in [6, 6.07) is 7.21. The van der Waals surface area contributed by atoms with Crippen molar-refractivity contribution in [2.45, 2.75) is 51.7 Å².